The highest BCUT2D eigenvalue weighted by atomic mass is 16.6. The molecule has 17 heavy (non-hydrogen) atoms. The van der Waals surface area contributed by atoms with E-state index in [2.05, 4.69) is 15.4 Å². The van der Waals surface area contributed by atoms with Crippen molar-refractivity contribution in [1.82, 2.24) is 9.97 Å². The fraction of sp³-hybridized carbons (Fsp3) is 0.600. The number of hydrogen-bond donors (Lipinski definition) is 2. The van der Waals surface area contributed by atoms with Crippen LogP contribution in [0.3, 0.4) is 0 Å². The lowest BCUT2D eigenvalue weighted by molar-refractivity contribution is -0.0936. The minimum absolute atomic E-state index is 0.243. The fourth-order valence-electron chi connectivity index (χ4n) is 1.59. The van der Waals surface area contributed by atoms with Crippen LogP contribution in [0.5, 0.6) is 0 Å². The molecule has 0 aromatic carbocycles. The van der Waals surface area contributed by atoms with Gasteiger partial charge >= 0.3 is 0 Å². The normalized spacial score (nSPS) is 20.2. The Morgan fingerprint density at radius 1 is 1.53 bits per heavy atom. The van der Waals surface area contributed by atoms with Crippen LogP contribution in [0.15, 0.2) is 6.07 Å². The number of rotatable bonds is 4. The quantitative estimate of drug-likeness (QED) is 0.565. The third-order valence-corrected chi connectivity index (χ3v) is 2.34. The first kappa shape index (κ1) is 12.2. The zero-order chi connectivity index (χ0) is 12.1. The van der Waals surface area contributed by atoms with Crippen LogP contribution in [0.1, 0.15) is 17.6 Å². The topological polar surface area (TPSA) is 91.5 Å². The summed E-state index contributed by atoms with van der Waals surface area (Å²) < 4.78 is 15.9. The lowest BCUT2D eigenvalue weighted by Gasteiger charge is -2.22. The largest absolute Gasteiger partial charge is 0.378 e. The summed E-state index contributed by atoms with van der Waals surface area (Å²) >= 11 is 0. The van der Waals surface area contributed by atoms with Crippen LogP contribution in [-0.4, -0.2) is 36.9 Å². The molecule has 0 amide bonds. The first-order chi connectivity index (χ1) is 8.33. The van der Waals surface area contributed by atoms with E-state index < -0.39 is 0 Å². The van der Waals surface area contributed by atoms with Crippen LogP contribution in [0, 0.1) is 0 Å². The van der Waals surface area contributed by atoms with E-state index in [-0.39, 0.29) is 6.10 Å². The minimum Gasteiger partial charge on any atom is -0.378 e. The van der Waals surface area contributed by atoms with E-state index >= 15 is 0 Å². The number of hydrogen-bond acceptors (Lipinski definition) is 7. The van der Waals surface area contributed by atoms with Gasteiger partial charge < -0.3 is 19.6 Å². The van der Waals surface area contributed by atoms with Gasteiger partial charge in [-0.1, -0.05) is 0 Å². The number of nitrogens with zero attached hydrogens (tertiary/aromatic N) is 2. The molecule has 2 heterocycles. The number of methoxy groups -OCH3 is 1. The summed E-state index contributed by atoms with van der Waals surface area (Å²) in [5.41, 5.74) is 3.25. The summed E-state index contributed by atoms with van der Waals surface area (Å²) in [6, 6.07) is 1.73. The second kappa shape index (κ2) is 5.87. The van der Waals surface area contributed by atoms with Crippen molar-refractivity contribution in [1.29, 1.82) is 0 Å². The van der Waals surface area contributed by atoms with Crippen LogP contribution >= 0.6 is 0 Å². The van der Waals surface area contributed by atoms with Gasteiger partial charge in [-0.15, -0.1) is 0 Å². The predicted octanol–water partition coefficient (Wildman–Crippen LogP) is -0.00350. The molecule has 7 nitrogen and oxygen atoms in total. The van der Waals surface area contributed by atoms with Crippen LogP contribution in [-0.2, 0) is 20.8 Å². The van der Waals surface area contributed by atoms with Crippen molar-refractivity contribution in [2.24, 2.45) is 5.84 Å². The number of nitrogen functional groups attached to an aromatic ring is 1. The van der Waals surface area contributed by atoms with Gasteiger partial charge in [-0.25, -0.2) is 15.8 Å². The van der Waals surface area contributed by atoms with E-state index in [9.17, 15) is 0 Å². The molecule has 1 atom stereocenters. The lowest BCUT2D eigenvalue weighted by atomic mass is 10.3. The molecular formula is C10H16N4O3. The summed E-state index contributed by atoms with van der Waals surface area (Å²) in [5, 5.41) is 0. The van der Waals surface area contributed by atoms with E-state index in [1.54, 1.807) is 13.2 Å². The summed E-state index contributed by atoms with van der Waals surface area (Å²) in [7, 11) is 1.61. The Morgan fingerprint density at radius 3 is 3.06 bits per heavy atom. The van der Waals surface area contributed by atoms with E-state index in [0.29, 0.717) is 38.1 Å². The standard InChI is InChI=1S/C10H16N4O3/c1-15-5-7-4-9(14-11)13-10(12-7)8-6-16-2-3-17-8/h4,8H,2-3,5-6,11H2,1H3,(H,12,13,14). The molecule has 7 heteroatoms. The lowest BCUT2D eigenvalue weighted by Crippen LogP contribution is -2.24. The Morgan fingerprint density at radius 2 is 2.41 bits per heavy atom. The van der Waals surface area contributed by atoms with Crippen molar-refractivity contribution >= 4 is 5.82 Å². The van der Waals surface area contributed by atoms with Gasteiger partial charge in [-0.3, -0.25) is 0 Å². The zero-order valence-corrected chi connectivity index (χ0v) is 9.68. The maximum atomic E-state index is 5.54. The molecule has 3 N–H and O–H groups in total. The number of anilines is 1. The van der Waals surface area contributed by atoms with Crippen molar-refractivity contribution in [3.63, 3.8) is 0 Å². The van der Waals surface area contributed by atoms with Gasteiger partial charge in [0.25, 0.3) is 0 Å². The third kappa shape index (κ3) is 3.10. The Kier molecular flexibility index (Phi) is 4.21. The summed E-state index contributed by atoms with van der Waals surface area (Å²) in [6.07, 6.45) is -0.243. The van der Waals surface area contributed by atoms with E-state index in [1.165, 1.54) is 0 Å². The summed E-state index contributed by atoms with van der Waals surface area (Å²) in [5.74, 6) is 6.46. The molecule has 94 valence electrons. The van der Waals surface area contributed by atoms with Gasteiger partial charge in [0.1, 0.15) is 11.9 Å². The maximum Gasteiger partial charge on any atom is 0.162 e. The van der Waals surface area contributed by atoms with E-state index in [0.717, 1.165) is 5.69 Å². The van der Waals surface area contributed by atoms with Gasteiger partial charge in [0.15, 0.2) is 5.82 Å². The fourth-order valence-corrected chi connectivity index (χ4v) is 1.59. The molecule has 0 aliphatic carbocycles. The highest BCUT2D eigenvalue weighted by Crippen LogP contribution is 2.19. The van der Waals surface area contributed by atoms with Crippen molar-refractivity contribution in [2.75, 3.05) is 32.4 Å². The highest BCUT2D eigenvalue weighted by Gasteiger charge is 2.20. The average Bonchev–Trinajstić information content (AvgIpc) is 2.40. The number of nitrogens with one attached hydrogen (secondary N) is 1. The Hall–Kier alpha value is -1.28. The molecule has 0 radical (unpaired) electrons. The summed E-state index contributed by atoms with van der Waals surface area (Å²) in [4.78, 5) is 8.61. The Labute approximate surface area is 99.3 Å². The smallest absolute Gasteiger partial charge is 0.162 e. The molecule has 1 fully saturated rings. The second-order valence-electron chi connectivity index (χ2n) is 3.61. The SMILES string of the molecule is COCc1cc(NN)nc(C2COCCO2)n1. The third-order valence-electron chi connectivity index (χ3n) is 2.34. The molecule has 0 spiro atoms. The molecule has 0 bridgehead atoms. The molecule has 1 aliphatic heterocycles. The van der Waals surface area contributed by atoms with Gasteiger partial charge in [0.05, 0.1) is 32.1 Å². The van der Waals surface area contributed by atoms with E-state index in [4.69, 9.17) is 20.1 Å². The first-order valence-electron chi connectivity index (χ1n) is 5.36. The maximum absolute atomic E-state index is 5.54. The average molecular weight is 240 g/mol. The molecule has 2 rings (SSSR count). The molecule has 1 aromatic rings. The summed E-state index contributed by atoms with van der Waals surface area (Å²) in [6.45, 7) is 2.02. The minimum atomic E-state index is -0.243. The molecule has 0 saturated carbocycles. The zero-order valence-electron chi connectivity index (χ0n) is 9.68. The van der Waals surface area contributed by atoms with Crippen LogP contribution in [0.4, 0.5) is 5.82 Å². The first-order valence-corrected chi connectivity index (χ1v) is 5.36. The molecular weight excluding hydrogens is 224 g/mol. The number of nitrogens with two attached hydrogens (primary N) is 1. The van der Waals surface area contributed by atoms with Crippen molar-refractivity contribution in [3.8, 4) is 0 Å². The van der Waals surface area contributed by atoms with Crippen LogP contribution in [0.25, 0.3) is 0 Å². The van der Waals surface area contributed by atoms with Crippen molar-refractivity contribution < 1.29 is 14.2 Å². The number of ether oxygens (including phenoxy) is 3. The van der Waals surface area contributed by atoms with Gasteiger partial charge in [-0.2, -0.15) is 0 Å². The van der Waals surface area contributed by atoms with Crippen LogP contribution < -0.4 is 11.3 Å². The van der Waals surface area contributed by atoms with Crippen molar-refractivity contribution in [2.45, 2.75) is 12.7 Å². The van der Waals surface area contributed by atoms with Crippen molar-refractivity contribution in [3.05, 3.63) is 17.6 Å². The highest BCUT2D eigenvalue weighted by molar-refractivity contribution is 5.34. The monoisotopic (exact) mass is 240 g/mol. The predicted molar refractivity (Wildman–Crippen MR) is 60.1 cm³/mol. The Balaban J connectivity index is 2.21. The van der Waals surface area contributed by atoms with Gasteiger partial charge in [-0.05, 0) is 0 Å². The second-order valence-corrected chi connectivity index (χ2v) is 3.61. The molecule has 1 aromatic heterocycles. The Bertz CT molecular complexity index is 369. The van der Waals surface area contributed by atoms with Gasteiger partial charge in [0.2, 0.25) is 0 Å². The number of hydrazine groups is 1. The molecule has 1 unspecified atom stereocenters. The van der Waals surface area contributed by atoms with Crippen LogP contribution in [0.2, 0.25) is 0 Å². The molecule has 1 saturated heterocycles. The molecule has 1 aliphatic rings. The number of aromatic nitrogens is 2. The van der Waals surface area contributed by atoms with Gasteiger partial charge in [0, 0.05) is 13.2 Å². The van der Waals surface area contributed by atoms with E-state index in [1.807, 2.05) is 0 Å².